The van der Waals surface area contributed by atoms with Crippen molar-refractivity contribution in [1.82, 2.24) is 20.6 Å². The second-order valence-electron chi connectivity index (χ2n) is 8.60. The number of aromatic nitrogens is 1. The Hall–Kier alpha value is -2.65. The van der Waals surface area contributed by atoms with E-state index in [1.807, 2.05) is 6.08 Å². The number of halogens is 1. The Morgan fingerprint density at radius 1 is 1.13 bits per heavy atom. The summed E-state index contributed by atoms with van der Waals surface area (Å²) in [6.45, 7) is 0.346. The highest BCUT2D eigenvalue weighted by Crippen LogP contribution is 2.26. The van der Waals surface area contributed by atoms with Crippen LogP contribution >= 0.6 is 11.6 Å². The van der Waals surface area contributed by atoms with Crippen LogP contribution in [0.15, 0.2) is 40.2 Å². The zero-order chi connectivity index (χ0) is 21.4. The van der Waals surface area contributed by atoms with E-state index in [1.54, 1.807) is 23.3 Å². The Kier molecular flexibility index (Phi) is 5.54. The van der Waals surface area contributed by atoms with Gasteiger partial charge in [0.1, 0.15) is 11.0 Å². The fourth-order valence-electron chi connectivity index (χ4n) is 4.14. The highest BCUT2D eigenvalue weighted by Gasteiger charge is 2.39. The number of rotatable bonds is 5. The summed E-state index contributed by atoms with van der Waals surface area (Å²) < 4.78 is 0. The molecule has 5 N–H and O–H groups in total. The lowest BCUT2D eigenvalue weighted by atomic mass is 9.92. The van der Waals surface area contributed by atoms with Gasteiger partial charge in [-0.1, -0.05) is 11.6 Å². The summed E-state index contributed by atoms with van der Waals surface area (Å²) in [7, 11) is 0. The number of anilines is 1. The maximum Gasteiger partial charge on any atom is 0.251 e. The fraction of sp³-hybridized carbons (Fsp3) is 0.524. The molecule has 164 valence electrons. The van der Waals surface area contributed by atoms with E-state index in [4.69, 9.17) is 22.4 Å². The first-order valence-electron chi connectivity index (χ1n) is 10.9. The number of carbonyl (C=O) groups is 1. The van der Waals surface area contributed by atoms with Crippen molar-refractivity contribution in [3.8, 4) is 0 Å². The van der Waals surface area contributed by atoms with Crippen molar-refractivity contribution in [2.24, 2.45) is 15.8 Å². The number of amides is 1. The molecule has 1 amide bonds. The van der Waals surface area contributed by atoms with Gasteiger partial charge in [0.25, 0.3) is 5.91 Å². The Balaban J connectivity index is 1.33. The Morgan fingerprint density at radius 3 is 2.61 bits per heavy atom. The quantitative estimate of drug-likeness (QED) is 0.514. The number of nitrogens with two attached hydrogens (primary N) is 1. The van der Waals surface area contributed by atoms with Crippen LogP contribution in [0.5, 0.6) is 0 Å². The molecule has 0 spiro atoms. The minimum atomic E-state index is -0.525. The van der Waals surface area contributed by atoms with Crippen molar-refractivity contribution < 1.29 is 4.79 Å². The van der Waals surface area contributed by atoms with Gasteiger partial charge >= 0.3 is 0 Å². The highest BCUT2D eigenvalue weighted by atomic mass is 35.5. The van der Waals surface area contributed by atoms with Crippen molar-refractivity contribution in [1.29, 1.82) is 0 Å². The minimum Gasteiger partial charge on any atom is -0.379 e. The maximum absolute atomic E-state index is 13.0. The number of hydrogen-bond acceptors (Lipinski definition) is 8. The van der Waals surface area contributed by atoms with Crippen LogP contribution in [0.2, 0.25) is 5.15 Å². The molecule has 1 aromatic rings. The van der Waals surface area contributed by atoms with Gasteiger partial charge in [0.05, 0.1) is 12.2 Å². The van der Waals surface area contributed by atoms with Crippen LogP contribution in [-0.2, 0) is 4.79 Å². The van der Waals surface area contributed by atoms with Gasteiger partial charge in [0, 0.05) is 36.1 Å². The number of aliphatic imine (C=N–C) groups is 1. The number of amidine groups is 2. The topological polar surface area (TPSA) is 120 Å². The van der Waals surface area contributed by atoms with E-state index in [9.17, 15) is 4.79 Å². The summed E-state index contributed by atoms with van der Waals surface area (Å²) in [4.78, 5) is 21.6. The predicted molar refractivity (Wildman–Crippen MR) is 121 cm³/mol. The van der Waals surface area contributed by atoms with E-state index in [0.29, 0.717) is 35.5 Å². The van der Waals surface area contributed by atoms with Crippen LogP contribution < -0.4 is 21.7 Å². The van der Waals surface area contributed by atoms with Gasteiger partial charge in [-0.3, -0.25) is 9.79 Å². The number of carbonyl (C=O) groups excluding carboxylic acids is 1. The van der Waals surface area contributed by atoms with Gasteiger partial charge in [0.2, 0.25) is 0 Å². The van der Waals surface area contributed by atoms with Crippen LogP contribution in [0.3, 0.4) is 0 Å². The van der Waals surface area contributed by atoms with E-state index in [2.05, 4.69) is 25.9 Å². The first-order chi connectivity index (χ1) is 15.0. The third-order valence-electron chi connectivity index (χ3n) is 6.02. The first kappa shape index (κ1) is 20.3. The van der Waals surface area contributed by atoms with Crippen LogP contribution in [0.1, 0.15) is 38.5 Å². The second kappa shape index (κ2) is 8.47. The van der Waals surface area contributed by atoms with Gasteiger partial charge < -0.3 is 21.7 Å². The summed E-state index contributed by atoms with van der Waals surface area (Å²) in [5, 5.41) is 16.8. The fourth-order valence-corrected chi connectivity index (χ4v) is 4.31. The molecule has 4 aliphatic rings. The lowest BCUT2D eigenvalue weighted by molar-refractivity contribution is -0.119. The van der Waals surface area contributed by atoms with Gasteiger partial charge in [-0.25, -0.2) is 9.99 Å². The Bertz CT molecular complexity index is 948. The average Bonchev–Trinajstić information content (AvgIpc) is 3.45. The number of hydrogen-bond donors (Lipinski definition) is 4. The summed E-state index contributed by atoms with van der Waals surface area (Å²) in [5.41, 5.74) is 7.57. The Morgan fingerprint density at radius 2 is 1.87 bits per heavy atom. The van der Waals surface area contributed by atoms with Crippen LogP contribution in [-0.4, -0.2) is 58.3 Å². The molecule has 0 aromatic carbocycles. The molecule has 0 saturated heterocycles. The predicted octanol–water partition coefficient (Wildman–Crippen LogP) is 1.58. The van der Waals surface area contributed by atoms with Crippen molar-refractivity contribution >= 4 is 34.9 Å². The molecular formula is C21H27ClN8O. The molecule has 2 aliphatic heterocycles. The van der Waals surface area contributed by atoms with Crippen molar-refractivity contribution in [2.75, 3.05) is 11.9 Å². The molecule has 1 atom stereocenters. The smallest absolute Gasteiger partial charge is 0.251 e. The average molecular weight is 443 g/mol. The van der Waals surface area contributed by atoms with Crippen molar-refractivity contribution in [3.05, 3.63) is 35.3 Å². The molecule has 9 nitrogen and oxygen atoms in total. The summed E-state index contributed by atoms with van der Waals surface area (Å²) in [5.74, 6) is 1.30. The van der Waals surface area contributed by atoms with Gasteiger partial charge in [0.15, 0.2) is 11.9 Å². The number of fused-ring (bicyclic) bond motifs is 1. The number of hydrazone groups is 1. The lowest BCUT2D eigenvalue weighted by Crippen LogP contribution is -2.48. The molecule has 0 bridgehead atoms. The van der Waals surface area contributed by atoms with E-state index in [-0.39, 0.29) is 5.91 Å². The van der Waals surface area contributed by atoms with E-state index in [0.717, 1.165) is 55.9 Å². The molecule has 1 aromatic heterocycles. The zero-order valence-corrected chi connectivity index (χ0v) is 18.0. The molecule has 0 radical (unpaired) electrons. The second-order valence-corrected chi connectivity index (χ2v) is 8.99. The van der Waals surface area contributed by atoms with E-state index >= 15 is 0 Å². The highest BCUT2D eigenvalue weighted by molar-refractivity contribution is 6.29. The molecular weight excluding hydrogens is 416 g/mol. The van der Waals surface area contributed by atoms with Crippen molar-refractivity contribution in [3.63, 3.8) is 0 Å². The largest absolute Gasteiger partial charge is 0.379 e. The van der Waals surface area contributed by atoms with E-state index in [1.165, 1.54) is 0 Å². The SMILES string of the molecule is N[C@H]1CC[C@H](NC2=NN3C(=NCC3C(=O)Nc3ccnc(Cl)c3)C(NC3CC3)=C2)CC1. The third kappa shape index (κ3) is 4.67. The molecule has 10 heteroatoms. The summed E-state index contributed by atoms with van der Waals surface area (Å²) >= 11 is 5.94. The van der Waals surface area contributed by atoms with Gasteiger partial charge in [-0.05, 0) is 50.7 Å². The molecule has 2 fully saturated rings. The first-order valence-corrected chi connectivity index (χ1v) is 11.3. The third-order valence-corrected chi connectivity index (χ3v) is 6.23. The van der Waals surface area contributed by atoms with Crippen LogP contribution in [0.25, 0.3) is 0 Å². The Labute approximate surface area is 186 Å². The normalized spacial score (nSPS) is 27.6. The molecule has 3 heterocycles. The minimum absolute atomic E-state index is 0.180. The van der Waals surface area contributed by atoms with Crippen molar-refractivity contribution in [2.45, 2.75) is 62.7 Å². The molecule has 1 unspecified atom stereocenters. The number of pyridine rings is 1. The summed E-state index contributed by atoms with van der Waals surface area (Å²) in [6, 6.07) is 3.90. The van der Waals surface area contributed by atoms with Crippen LogP contribution in [0.4, 0.5) is 5.69 Å². The zero-order valence-electron chi connectivity index (χ0n) is 17.2. The summed E-state index contributed by atoms with van der Waals surface area (Å²) in [6.07, 6.45) is 9.95. The van der Waals surface area contributed by atoms with Gasteiger partial charge in [-0.2, -0.15) is 5.10 Å². The number of nitrogens with zero attached hydrogens (tertiary/aromatic N) is 4. The monoisotopic (exact) mass is 442 g/mol. The van der Waals surface area contributed by atoms with Crippen LogP contribution in [0, 0.1) is 0 Å². The molecule has 2 saturated carbocycles. The lowest BCUT2D eigenvalue weighted by Gasteiger charge is -2.31. The van der Waals surface area contributed by atoms with Gasteiger partial charge in [-0.15, -0.1) is 0 Å². The number of nitrogens with one attached hydrogen (secondary N) is 3. The molecule has 5 rings (SSSR count). The molecule has 2 aliphatic carbocycles. The standard InChI is InChI=1S/C21H27ClN8O/c22-18-9-15(7-8-24-18)28-21(31)17-11-25-20-16(26-13-5-6-13)10-19(29-30(17)20)27-14-3-1-12(23)2-4-14/h7-10,12-14,17,26H,1-6,11,23H2,(H,27,29)(H,24,28,31)/t12-,14-,17?. The van der Waals surface area contributed by atoms with E-state index < -0.39 is 6.04 Å². The maximum atomic E-state index is 13.0. The molecule has 31 heavy (non-hydrogen) atoms.